The molecule has 0 atom stereocenters. The number of hydrogen-bond acceptors (Lipinski definition) is 6. The largest absolute Gasteiger partial charge is 0.494 e. The van der Waals surface area contributed by atoms with E-state index in [4.69, 9.17) is 26.4 Å². The van der Waals surface area contributed by atoms with Gasteiger partial charge in [-0.25, -0.2) is 0 Å². The zero-order chi connectivity index (χ0) is 24.9. The number of carbonyl (C=O) groups is 1. The molecule has 0 radical (unpaired) electrons. The molecule has 0 aromatic heterocycles. The molecule has 0 aliphatic carbocycles. The fourth-order valence-electron chi connectivity index (χ4n) is 3.40. The summed E-state index contributed by atoms with van der Waals surface area (Å²) in [5.41, 5.74) is 2.52. The summed E-state index contributed by atoms with van der Waals surface area (Å²) in [6, 6.07) is 19.0. The van der Waals surface area contributed by atoms with E-state index in [9.17, 15) is 4.79 Å². The highest BCUT2D eigenvalue weighted by molar-refractivity contribution is 9.10. The molecule has 1 saturated heterocycles. The third-order valence-electron chi connectivity index (χ3n) is 5.05. The summed E-state index contributed by atoms with van der Waals surface area (Å²) >= 11 is 13.8. The Labute approximate surface area is 230 Å². The number of benzene rings is 3. The van der Waals surface area contributed by atoms with E-state index in [2.05, 4.69) is 31.9 Å². The Balaban J connectivity index is 1.54. The second-order valence-corrected chi connectivity index (χ2v) is 10.8. The summed E-state index contributed by atoms with van der Waals surface area (Å²) in [6.07, 6.45) is 1.81. The molecule has 1 amide bonds. The van der Waals surface area contributed by atoms with Crippen molar-refractivity contribution < 1.29 is 19.0 Å². The minimum absolute atomic E-state index is 0.171. The van der Waals surface area contributed by atoms with Gasteiger partial charge in [-0.1, -0.05) is 52.0 Å². The van der Waals surface area contributed by atoms with Crippen LogP contribution in [0.2, 0.25) is 0 Å². The van der Waals surface area contributed by atoms with Crippen LogP contribution in [0.1, 0.15) is 18.1 Å². The van der Waals surface area contributed by atoms with Crippen LogP contribution in [-0.2, 0) is 11.4 Å². The minimum Gasteiger partial charge on any atom is -0.494 e. The number of ether oxygens (including phenoxy) is 3. The number of hydrogen-bond donors (Lipinski definition) is 0. The number of halogens is 2. The van der Waals surface area contributed by atoms with Gasteiger partial charge in [0.05, 0.1) is 28.8 Å². The third-order valence-corrected chi connectivity index (χ3v) is 7.47. The summed E-state index contributed by atoms with van der Waals surface area (Å²) in [5.74, 6) is 1.73. The van der Waals surface area contributed by atoms with Crippen molar-refractivity contribution in [3.8, 4) is 17.2 Å². The first kappa shape index (κ1) is 25.8. The average Bonchev–Trinajstić information content (AvgIpc) is 3.12. The first-order valence-corrected chi connectivity index (χ1v) is 13.5. The molecule has 1 heterocycles. The number of amides is 1. The lowest BCUT2D eigenvalue weighted by molar-refractivity contribution is -0.113. The number of thiocarbonyl (C=S) groups is 1. The van der Waals surface area contributed by atoms with Crippen molar-refractivity contribution in [2.75, 3.05) is 18.6 Å². The Morgan fingerprint density at radius 1 is 1.03 bits per heavy atom. The van der Waals surface area contributed by atoms with Gasteiger partial charge in [0.15, 0.2) is 15.8 Å². The van der Waals surface area contributed by atoms with Gasteiger partial charge in [0.25, 0.3) is 5.91 Å². The highest BCUT2D eigenvalue weighted by atomic mass is 79.9. The predicted octanol–water partition coefficient (Wildman–Crippen LogP) is 7.60. The normalized spacial score (nSPS) is 14.5. The zero-order valence-corrected chi connectivity index (χ0v) is 23.7. The van der Waals surface area contributed by atoms with Crippen molar-refractivity contribution in [3.63, 3.8) is 0 Å². The van der Waals surface area contributed by atoms with Gasteiger partial charge in [0.1, 0.15) is 12.4 Å². The maximum absolute atomic E-state index is 13.2. The molecular formula is C26H21Br2NO4S2. The van der Waals surface area contributed by atoms with Crippen LogP contribution < -0.4 is 19.1 Å². The van der Waals surface area contributed by atoms with E-state index in [1.54, 1.807) is 13.2 Å². The van der Waals surface area contributed by atoms with Gasteiger partial charge in [0.2, 0.25) is 0 Å². The van der Waals surface area contributed by atoms with Crippen LogP contribution in [-0.4, -0.2) is 23.9 Å². The first-order chi connectivity index (χ1) is 16.9. The maximum Gasteiger partial charge on any atom is 0.270 e. The van der Waals surface area contributed by atoms with Crippen LogP contribution in [0, 0.1) is 0 Å². The fourth-order valence-corrected chi connectivity index (χ4v) is 5.54. The summed E-state index contributed by atoms with van der Waals surface area (Å²) in [7, 11) is 1.59. The van der Waals surface area contributed by atoms with Gasteiger partial charge in [-0.3, -0.25) is 9.69 Å². The van der Waals surface area contributed by atoms with Gasteiger partial charge in [0, 0.05) is 4.47 Å². The summed E-state index contributed by atoms with van der Waals surface area (Å²) < 4.78 is 19.3. The van der Waals surface area contributed by atoms with Crippen LogP contribution >= 0.6 is 55.8 Å². The number of thioether (sulfide) groups is 1. The molecule has 3 aromatic carbocycles. The molecule has 9 heteroatoms. The summed E-state index contributed by atoms with van der Waals surface area (Å²) in [6.45, 7) is 2.90. The second-order valence-electron chi connectivity index (χ2n) is 7.39. The number of nitrogens with zero attached hydrogens (tertiary/aromatic N) is 1. The lowest BCUT2D eigenvalue weighted by Crippen LogP contribution is -2.27. The Morgan fingerprint density at radius 3 is 2.40 bits per heavy atom. The van der Waals surface area contributed by atoms with E-state index in [0.29, 0.717) is 39.6 Å². The van der Waals surface area contributed by atoms with E-state index >= 15 is 0 Å². The Bertz CT molecular complexity index is 1280. The van der Waals surface area contributed by atoms with Crippen LogP contribution in [0.25, 0.3) is 6.08 Å². The van der Waals surface area contributed by atoms with E-state index in [0.717, 1.165) is 25.8 Å². The molecular weight excluding hydrogens is 614 g/mol. The van der Waals surface area contributed by atoms with Crippen molar-refractivity contribution in [1.82, 2.24) is 0 Å². The molecule has 0 bridgehead atoms. The number of carbonyl (C=O) groups excluding carboxylic acids is 1. The molecule has 0 unspecified atom stereocenters. The van der Waals surface area contributed by atoms with E-state index in [1.807, 2.05) is 67.6 Å². The molecule has 3 aromatic rings. The molecule has 4 rings (SSSR count). The van der Waals surface area contributed by atoms with Gasteiger partial charge < -0.3 is 14.2 Å². The lowest BCUT2D eigenvalue weighted by Gasteiger charge is -2.15. The molecule has 0 saturated carbocycles. The van der Waals surface area contributed by atoms with Crippen LogP contribution in [0.15, 0.2) is 74.5 Å². The summed E-state index contributed by atoms with van der Waals surface area (Å²) in [4.78, 5) is 15.2. The summed E-state index contributed by atoms with van der Waals surface area (Å²) in [5, 5.41) is 0. The zero-order valence-electron chi connectivity index (χ0n) is 18.9. The predicted molar refractivity (Wildman–Crippen MR) is 152 cm³/mol. The Morgan fingerprint density at radius 2 is 1.74 bits per heavy atom. The molecule has 180 valence electrons. The van der Waals surface area contributed by atoms with Crippen molar-refractivity contribution in [3.05, 3.63) is 85.6 Å². The van der Waals surface area contributed by atoms with Gasteiger partial charge in [-0.05, 0) is 88.6 Å². The van der Waals surface area contributed by atoms with Gasteiger partial charge in [-0.2, -0.15) is 0 Å². The lowest BCUT2D eigenvalue weighted by atomic mass is 10.1. The van der Waals surface area contributed by atoms with Crippen molar-refractivity contribution >= 4 is 77.8 Å². The van der Waals surface area contributed by atoms with Crippen molar-refractivity contribution in [2.24, 2.45) is 0 Å². The quantitative estimate of drug-likeness (QED) is 0.188. The highest BCUT2D eigenvalue weighted by Gasteiger charge is 2.33. The molecule has 1 aliphatic rings. The Kier molecular flexibility index (Phi) is 8.54. The van der Waals surface area contributed by atoms with Gasteiger partial charge in [-0.15, -0.1) is 0 Å². The van der Waals surface area contributed by atoms with Crippen LogP contribution in [0.5, 0.6) is 17.2 Å². The maximum atomic E-state index is 13.2. The SMILES string of the molecule is CCOc1ccc(N2C(=O)/C(=C\c3cc(Br)c(OCc4ccc(Br)cc4)c(OC)c3)SC2=S)cc1. The van der Waals surface area contributed by atoms with Crippen LogP contribution in [0.4, 0.5) is 5.69 Å². The molecule has 1 fully saturated rings. The van der Waals surface area contributed by atoms with E-state index in [1.165, 1.54) is 16.7 Å². The van der Waals surface area contributed by atoms with Gasteiger partial charge >= 0.3 is 0 Å². The number of rotatable bonds is 8. The first-order valence-electron chi connectivity index (χ1n) is 10.6. The average molecular weight is 635 g/mol. The van der Waals surface area contributed by atoms with Crippen molar-refractivity contribution in [1.29, 1.82) is 0 Å². The topological polar surface area (TPSA) is 48.0 Å². The second kappa shape index (κ2) is 11.6. The van der Waals surface area contributed by atoms with E-state index < -0.39 is 0 Å². The standard InChI is InChI=1S/C26H21Br2NO4S2/c1-3-32-20-10-8-19(9-11-20)29-25(30)23(35-26(29)34)14-17-12-21(28)24(22(13-17)31-2)33-15-16-4-6-18(27)7-5-16/h4-14H,3,15H2,1-2H3/b23-14+. The minimum atomic E-state index is -0.171. The van der Waals surface area contributed by atoms with Crippen molar-refractivity contribution in [2.45, 2.75) is 13.5 Å². The smallest absolute Gasteiger partial charge is 0.270 e. The number of methoxy groups -OCH3 is 1. The Hall–Kier alpha value is -2.33. The number of anilines is 1. The monoisotopic (exact) mass is 633 g/mol. The van der Waals surface area contributed by atoms with E-state index in [-0.39, 0.29) is 5.91 Å². The molecule has 1 aliphatic heterocycles. The molecule has 35 heavy (non-hydrogen) atoms. The van der Waals surface area contributed by atoms with Crippen LogP contribution in [0.3, 0.4) is 0 Å². The highest BCUT2D eigenvalue weighted by Crippen LogP contribution is 2.40. The molecule has 0 N–H and O–H groups in total. The molecule has 0 spiro atoms. The molecule has 5 nitrogen and oxygen atoms in total. The fraction of sp³-hybridized carbons (Fsp3) is 0.154. The third kappa shape index (κ3) is 6.09.